The van der Waals surface area contributed by atoms with Gasteiger partial charge in [-0.25, -0.2) is 19.5 Å². The van der Waals surface area contributed by atoms with E-state index in [2.05, 4.69) is 29.5 Å². The molecule has 14 nitrogen and oxygen atoms in total. The highest BCUT2D eigenvalue weighted by molar-refractivity contribution is 7.46. The van der Waals surface area contributed by atoms with Crippen LogP contribution in [0.1, 0.15) is 12.6 Å². The number of aromatic nitrogens is 4. The van der Waals surface area contributed by atoms with Crippen molar-refractivity contribution in [2.24, 2.45) is 5.11 Å². The van der Waals surface area contributed by atoms with Gasteiger partial charge in [0.15, 0.2) is 17.0 Å². The third-order valence-corrected chi connectivity index (χ3v) is 4.01. The Morgan fingerprint density at radius 1 is 1.56 bits per heavy atom. The molecule has 1 aliphatic heterocycles. The Morgan fingerprint density at radius 3 is 3.00 bits per heavy atom. The van der Waals surface area contributed by atoms with E-state index < -0.39 is 32.9 Å². The van der Waals surface area contributed by atoms with E-state index in [9.17, 15) is 9.67 Å². The van der Waals surface area contributed by atoms with Crippen molar-refractivity contribution in [2.75, 3.05) is 12.3 Å². The number of fused-ring (bicyclic) bond motifs is 1. The van der Waals surface area contributed by atoms with E-state index in [1.807, 2.05) is 0 Å². The first-order chi connectivity index (χ1) is 11.8. The molecule has 2 aromatic heterocycles. The van der Waals surface area contributed by atoms with Crippen LogP contribution in [-0.4, -0.2) is 53.2 Å². The number of nitrogens with two attached hydrogens (primary N) is 1. The van der Waals surface area contributed by atoms with Gasteiger partial charge in [0.2, 0.25) is 5.95 Å². The van der Waals surface area contributed by atoms with E-state index in [0.717, 1.165) is 0 Å². The SMILES string of the molecule is [N-]=[N+]=Nc1nc2c(N)ncnc2n1[C@H]1C[C@H](O)[C@@H](COP(=O)(O)O)O1. The maximum Gasteiger partial charge on any atom is 0.469 e. The van der Waals surface area contributed by atoms with Crippen molar-refractivity contribution in [3.63, 3.8) is 0 Å². The number of anilines is 1. The summed E-state index contributed by atoms with van der Waals surface area (Å²) in [6.45, 7) is -0.525. The third-order valence-electron chi connectivity index (χ3n) is 3.52. The number of phosphoric ester groups is 1. The quantitative estimate of drug-likeness (QED) is 0.240. The first-order valence-corrected chi connectivity index (χ1v) is 8.40. The molecule has 0 aliphatic carbocycles. The smallest absolute Gasteiger partial charge is 0.390 e. The number of aliphatic hydroxyl groups excluding tert-OH is 1. The van der Waals surface area contributed by atoms with Crippen LogP contribution < -0.4 is 5.73 Å². The van der Waals surface area contributed by atoms with Gasteiger partial charge in [-0.1, -0.05) is 0 Å². The van der Waals surface area contributed by atoms with E-state index >= 15 is 0 Å². The lowest BCUT2D eigenvalue weighted by Crippen LogP contribution is -2.25. The van der Waals surface area contributed by atoms with Gasteiger partial charge in [-0.2, -0.15) is 0 Å². The summed E-state index contributed by atoms with van der Waals surface area (Å²) in [7, 11) is -4.70. The zero-order valence-corrected chi connectivity index (χ0v) is 13.3. The first kappa shape index (κ1) is 17.5. The zero-order valence-electron chi connectivity index (χ0n) is 12.4. The van der Waals surface area contributed by atoms with Crippen molar-refractivity contribution < 1.29 is 28.7 Å². The molecule has 3 rings (SSSR count). The van der Waals surface area contributed by atoms with Crippen LogP contribution in [0.2, 0.25) is 0 Å². The Morgan fingerprint density at radius 2 is 2.32 bits per heavy atom. The third kappa shape index (κ3) is 3.55. The number of phosphoric acid groups is 1. The van der Waals surface area contributed by atoms with E-state index in [0.29, 0.717) is 0 Å². The molecule has 0 radical (unpaired) electrons. The second-order valence-corrected chi connectivity index (χ2v) is 6.36. The number of aliphatic hydroxyl groups is 1. The van der Waals surface area contributed by atoms with Crippen LogP contribution in [0.25, 0.3) is 21.6 Å². The predicted octanol–water partition coefficient (Wildman–Crippen LogP) is 0.108. The molecule has 0 spiro atoms. The lowest BCUT2D eigenvalue weighted by molar-refractivity contribution is -0.0418. The molecule has 1 saturated heterocycles. The molecular formula is C10H13N8O6P. The van der Waals surface area contributed by atoms with Gasteiger partial charge in [0.25, 0.3) is 0 Å². The van der Waals surface area contributed by atoms with Crippen LogP contribution in [0, 0.1) is 0 Å². The van der Waals surface area contributed by atoms with Crippen LogP contribution in [0.15, 0.2) is 11.4 Å². The summed E-state index contributed by atoms with van der Waals surface area (Å²) in [6.07, 6.45) is -1.73. The molecule has 15 heteroatoms. The Bertz CT molecular complexity index is 891. The number of azide groups is 1. The summed E-state index contributed by atoms with van der Waals surface area (Å²) in [5, 5.41) is 13.5. The highest BCUT2D eigenvalue weighted by atomic mass is 31.2. The molecule has 0 saturated carbocycles. The summed E-state index contributed by atoms with van der Waals surface area (Å²) >= 11 is 0. The summed E-state index contributed by atoms with van der Waals surface area (Å²) in [6, 6.07) is 0. The molecule has 1 aliphatic rings. The van der Waals surface area contributed by atoms with Crippen molar-refractivity contribution in [3.8, 4) is 0 Å². The number of imidazole rings is 1. The Balaban J connectivity index is 1.94. The Hall–Kier alpha value is -2.31. The monoisotopic (exact) mass is 372 g/mol. The second kappa shape index (κ2) is 6.54. The van der Waals surface area contributed by atoms with Gasteiger partial charge < -0.3 is 25.4 Å². The van der Waals surface area contributed by atoms with Crippen LogP contribution in [0.4, 0.5) is 11.8 Å². The van der Waals surface area contributed by atoms with E-state index in [1.165, 1.54) is 10.9 Å². The fourth-order valence-corrected chi connectivity index (χ4v) is 2.83. The number of nitrogens with zero attached hydrogens (tertiary/aromatic N) is 7. The zero-order chi connectivity index (χ0) is 18.2. The highest BCUT2D eigenvalue weighted by Gasteiger charge is 2.38. The van der Waals surface area contributed by atoms with E-state index in [1.54, 1.807) is 0 Å². The summed E-state index contributed by atoms with van der Waals surface area (Å²) in [5.74, 6) is -0.0310. The number of nitrogen functional groups attached to an aromatic ring is 1. The normalized spacial score (nSPS) is 23.7. The molecule has 0 bridgehead atoms. The predicted molar refractivity (Wildman–Crippen MR) is 81.1 cm³/mol. The molecule has 3 heterocycles. The lowest BCUT2D eigenvalue weighted by Gasteiger charge is -2.16. The molecule has 134 valence electrons. The molecule has 0 amide bonds. The summed E-state index contributed by atoms with van der Waals surface area (Å²) < 4.78 is 22.0. The van der Waals surface area contributed by atoms with Crippen LogP contribution in [0.5, 0.6) is 0 Å². The largest absolute Gasteiger partial charge is 0.469 e. The van der Waals surface area contributed by atoms with Crippen LogP contribution in [0.3, 0.4) is 0 Å². The molecule has 1 fully saturated rings. The minimum atomic E-state index is -4.70. The topological polar surface area (TPSA) is 215 Å². The number of hydrogen-bond acceptors (Lipinski definition) is 9. The highest BCUT2D eigenvalue weighted by Crippen LogP contribution is 2.39. The van der Waals surface area contributed by atoms with Gasteiger partial charge in [-0.05, 0) is 10.6 Å². The Kier molecular flexibility index (Phi) is 4.58. The number of hydrogen-bond donors (Lipinski definition) is 4. The fourth-order valence-electron chi connectivity index (χ4n) is 2.48. The summed E-state index contributed by atoms with van der Waals surface area (Å²) in [5.41, 5.74) is 14.8. The lowest BCUT2D eigenvalue weighted by atomic mass is 10.2. The second-order valence-electron chi connectivity index (χ2n) is 5.12. The molecular weight excluding hydrogens is 359 g/mol. The average molecular weight is 372 g/mol. The fraction of sp³-hybridized carbons (Fsp3) is 0.500. The van der Waals surface area contributed by atoms with Crippen molar-refractivity contribution in [1.29, 1.82) is 0 Å². The van der Waals surface area contributed by atoms with Gasteiger partial charge in [-0.15, -0.1) is 0 Å². The maximum absolute atomic E-state index is 10.8. The maximum atomic E-state index is 10.8. The molecule has 5 N–H and O–H groups in total. The molecule has 0 unspecified atom stereocenters. The van der Waals surface area contributed by atoms with Crippen molar-refractivity contribution in [2.45, 2.75) is 24.9 Å². The van der Waals surface area contributed by atoms with Crippen molar-refractivity contribution in [1.82, 2.24) is 19.5 Å². The minimum absolute atomic E-state index is 0.0263. The number of rotatable bonds is 5. The van der Waals surface area contributed by atoms with Crippen molar-refractivity contribution >= 4 is 30.8 Å². The molecule has 3 atom stereocenters. The van der Waals surface area contributed by atoms with Crippen LogP contribution >= 0.6 is 7.82 Å². The van der Waals surface area contributed by atoms with Crippen molar-refractivity contribution in [3.05, 3.63) is 16.8 Å². The molecule has 25 heavy (non-hydrogen) atoms. The van der Waals surface area contributed by atoms with E-state index in [4.69, 9.17) is 25.8 Å². The van der Waals surface area contributed by atoms with Gasteiger partial charge in [-0.3, -0.25) is 9.09 Å². The van der Waals surface area contributed by atoms with Crippen LogP contribution in [-0.2, 0) is 13.8 Å². The minimum Gasteiger partial charge on any atom is -0.390 e. The molecule has 0 aromatic carbocycles. The average Bonchev–Trinajstić information content (AvgIpc) is 3.06. The first-order valence-electron chi connectivity index (χ1n) is 6.87. The van der Waals surface area contributed by atoms with Gasteiger partial charge >= 0.3 is 7.82 Å². The van der Waals surface area contributed by atoms with E-state index in [-0.39, 0.29) is 29.4 Å². The number of ether oxygens (including phenoxy) is 1. The summed E-state index contributed by atoms with van der Waals surface area (Å²) in [4.78, 5) is 32.1. The molecule has 2 aromatic rings. The van der Waals surface area contributed by atoms with Gasteiger partial charge in [0.05, 0.1) is 12.7 Å². The standard InChI is InChI=1S/C10H13N8O6P/c11-8-7-9(14-3-13-8)18(10(15-7)16-17-12)6-1-4(19)5(24-6)2-23-25(20,21)22/h3-6,19H,1-2H2,(H2,11,13,14)(H2,20,21,22)/t4-,5+,6+/m0/s1. The van der Waals surface area contributed by atoms with Gasteiger partial charge in [0.1, 0.15) is 18.7 Å². The Labute approximate surface area is 139 Å². The van der Waals surface area contributed by atoms with Gasteiger partial charge in [0, 0.05) is 11.3 Å².